The second kappa shape index (κ2) is 7.07. The van der Waals surface area contributed by atoms with Gasteiger partial charge in [-0.3, -0.25) is 0 Å². The third kappa shape index (κ3) is 3.45. The van der Waals surface area contributed by atoms with Gasteiger partial charge < -0.3 is 14.4 Å². The normalized spacial score (nSPS) is 20.5. The quantitative estimate of drug-likeness (QED) is 0.839. The summed E-state index contributed by atoms with van der Waals surface area (Å²) in [5, 5.41) is 0. The monoisotopic (exact) mass is 327 g/mol. The van der Waals surface area contributed by atoms with Crippen molar-refractivity contribution in [2.24, 2.45) is 0 Å². The van der Waals surface area contributed by atoms with Crippen LogP contribution in [0.1, 0.15) is 38.7 Å². The van der Waals surface area contributed by atoms with Gasteiger partial charge in [-0.1, -0.05) is 12.1 Å². The van der Waals surface area contributed by atoms with E-state index < -0.39 is 0 Å². The molecule has 5 nitrogen and oxygen atoms in total. The molecular formula is C19H25N3O2. The Morgan fingerprint density at radius 3 is 2.50 bits per heavy atom. The summed E-state index contributed by atoms with van der Waals surface area (Å²) < 4.78 is 11.1. The zero-order valence-corrected chi connectivity index (χ0v) is 14.8. The van der Waals surface area contributed by atoms with Crippen molar-refractivity contribution in [2.75, 3.05) is 18.6 Å². The molecule has 0 saturated carbocycles. The molecule has 0 spiro atoms. The molecule has 2 aromatic rings. The van der Waals surface area contributed by atoms with Crippen LogP contribution in [-0.4, -0.2) is 35.8 Å². The first-order chi connectivity index (χ1) is 11.6. The first-order valence-corrected chi connectivity index (χ1v) is 8.46. The Morgan fingerprint density at radius 1 is 1.12 bits per heavy atom. The van der Waals surface area contributed by atoms with E-state index in [-0.39, 0.29) is 6.10 Å². The van der Waals surface area contributed by atoms with Crippen molar-refractivity contribution in [1.82, 2.24) is 9.97 Å². The Morgan fingerprint density at radius 2 is 1.83 bits per heavy atom. The summed E-state index contributed by atoms with van der Waals surface area (Å²) in [6.07, 6.45) is 4.58. The number of anilines is 1. The highest BCUT2D eigenvalue weighted by Crippen LogP contribution is 2.37. The van der Waals surface area contributed by atoms with Gasteiger partial charge in [-0.25, -0.2) is 9.97 Å². The number of ether oxygens (including phenoxy) is 2. The summed E-state index contributed by atoms with van der Waals surface area (Å²) in [7, 11) is 1.69. The van der Waals surface area contributed by atoms with Gasteiger partial charge in [-0.2, -0.15) is 0 Å². The van der Waals surface area contributed by atoms with Gasteiger partial charge in [0, 0.05) is 30.9 Å². The molecule has 1 saturated heterocycles. The van der Waals surface area contributed by atoms with E-state index in [1.807, 2.05) is 26.0 Å². The van der Waals surface area contributed by atoms with Crippen molar-refractivity contribution in [3.05, 3.63) is 42.2 Å². The van der Waals surface area contributed by atoms with Crippen LogP contribution in [0.2, 0.25) is 0 Å². The topological polar surface area (TPSA) is 47.5 Å². The number of aromatic nitrogens is 2. The van der Waals surface area contributed by atoms with Gasteiger partial charge in [-0.15, -0.1) is 0 Å². The lowest BCUT2D eigenvalue weighted by Crippen LogP contribution is -2.28. The van der Waals surface area contributed by atoms with E-state index in [9.17, 15) is 0 Å². The Balaban J connectivity index is 1.81. The summed E-state index contributed by atoms with van der Waals surface area (Å²) in [6.45, 7) is 7.16. The largest absolute Gasteiger partial charge is 0.497 e. The minimum absolute atomic E-state index is 0.0794. The molecule has 3 rings (SSSR count). The van der Waals surface area contributed by atoms with E-state index in [1.54, 1.807) is 19.5 Å². The maximum absolute atomic E-state index is 5.85. The zero-order chi connectivity index (χ0) is 17.1. The minimum atomic E-state index is 0.0794. The molecule has 1 aliphatic rings. The number of rotatable bonds is 5. The predicted molar refractivity (Wildman–Crippen MR) is 95.0 cm³/mol. The van der Waals surface area contributed by atoms with Gasteiger partial charge in [0.05, 0.1) is 13.2 Å². The van der Waals surface area contributed by atoms with E-state index in [1.165, 1.54) is 5.56 Å². The van der Waals surface area contributed by atoms with E-state index in [4.69, 9.17) is 9.47 Å². The fourth-order valence-electron chi connectivity index (χ4n) is 3.27. The van der Waals surface area contributed by atoms with E-state index in [0.29, 0.717) is 17.8 Å². The third-order valence-electron chi connectivity index (χ3n) is 4.43. The smallest absolute Gasteiger partial charge is 0.257 e. The number of nitrogens with zero attached hydrogens (tertiary/aromatic N) is 3. The van der Waals surface area contributed by atoms with Gasteiger partial charge in [0.25, 0.3) is 5.88 Å². The van der Waals surface area contributed by atoms with Crippen LogP contribution in [0.3, 0.4) is 0 Å². The van der Waals surface area contributed by atoms with Gasteiger partial charge >= 0.3 is 0 Å². The average Bonchev–Trinajstić information content (AvgIpc) is 2.96. The molecule has 1 aromatic carbocycles. The standard InChI is InChI=1S/C19H25N3O2/c1-13(2)24-19-18(20-9-10-21-19)22-12-16(11-14(22)3)15-5-7-17(23-4)8-6-15/h5-10,13-14,16H,11-12H2,1-4H3. The second-order valence-corrected chi connectivity index (χ2v) is 6.56. The van der Waals surface area contributed by atoms with Gasteiger partial charge in [-0.05, 0) is 44.9 Å². The number of benzene rings is 1. The van der Waals surface area contributed by atoms with Crippen LogP contribution >= 0.6 is 0 Å². The molecule has 128 valence electrons. The Hall–Kier alpha value is -2.30. The molecule has 5 heteroatoms. The molecule has 2 heterocycles. The van der Waals surface area contributed by atoms with Crippen molar-refractivity contribution in [3.63, 3.8) is 0 Å². The summed E-state index contributed by atoms with van der Waals surface area (Å²) >= 11 is 0. The highest BCUT2D eigenvalue weighted by Gasteiger charge is 2.33. The van der Waals surface area contributed by atoms with Crippen LogP contribution in [-0.2, 0) is 0 Å². The van der Waals surface area contributed by atoms with Crippen LogP contribution in [0.5, 0.6) is 11.6 Å². The number of hydrogen-bond acceptors (Lipinski definition) is 5. The van der Waals surface area contributed by atoms with Gasteiger partial charge in [0.2, 0.25) is 0 Å². The van der Waals surface area contributed by atoms with Crippen molar-refractivity contribution in [1.29, 1.82) is 0 Å². The second-order valence-electron chi connectivity index (χ2n) is 6.56. The highest BCUT2D eigenvalue weighted by molar-refractivity contribution is 5.51. The molecule has 2 atom stereocenters. The average molecular weight is 327 g/mol. The molecule has 0 N–H and O–H groups in total. The lowest BCUT2D eigenvalue weighted by molar-refractivity contribution is 0.232. The van der Waals surface area contributed by atoms with Crippen molar-refractivity contribution in [2.45, 2.75) is 45.3 Å². The van der Waals surface area contributed by atoms with E-state index >= 15 is 0 Å². The molecule has 2 unspecified atom stereocenters. The minimum Gasteiger partial charge on any atom is -0.497 e. The SMILES string of the molecule is COc1ccc(C2CC(C)N(c3nccnc3OC(C)C)C2)cc1. The summed E-state index contributed by atoms with van der Waals surface area (Å²) in [5.41, 5.74) is 1.33. The van der Waals surface area contributed by atoms with Crippen molar-refractivity contribution in [3.8, 4) is 11.6 Å². The van der Waals surface area contributed by atoms with Gasteiger partial charge in [0.1, 0.15) is 5.75 Å². The van der Waals surface area contributed by atoms with Crippen LogP contribution in [0.25, 0.3) is 0 Å². The van der Waals surface area contributed by atoms with E-state index in [2.05, 4.69) is 33.9 Å². The lowest BCUT2D eigenvalue weighted by Gasteiger charge is -2.24. The van der Waals surface area contributed by atoms with Crippen molar-refractivity contribution < 1.29 is 9.47 Å². The Labute approximate surface area is 143 Å². The number of methoxy groups -OCH3 is 1. The van der Waals surface area contributed by atoms with Crippen LogP contribution in [0.15, 0.2) is 36.7 Å². The molecule has 0 radical (unpaired) electrons. The van der Waals surface area contributed by atoms with E-state index in [0.717, 1.165) is 24.5 Å². The molecule has 0 aliphatic carbocycles. The Bertz CT molecular complexity index is 673. The molecule has 1 aromatic heterocycles. The van der Waals surface area contributed by atoms with Crippen LogP contribution in [0.4, 0.5) is 5.82 Å². The molecular weight excluding hydrogens is 302 g/mol. The molecule has 1 aliphatic heterocycles. The third-order valence-corrected chi connectivity index (χ3v) is 4.43. The van der Waals surface area contributed by atoms with Crippen LogP contribution in [0, 0.1) is 0 Å². The maximum atomic E-state index is 5.85. The zero-order valence-electron chi connectivity index (χ0n) is 14.8. The summed E-state index contributed by atoms with van der Waals surface area (Å²) in [4.78, 5) is 11.2. The lowest BCUT2D eigenvalue weighted by atomic mass is 9.97. The van der Waals surface area contributed by atoms with Crippen LogP contribution < -0.4 is 14.4 Å². The fourth-order valence-corrected chi connectivity index (χ4v) is 3.27. The van der Waals surface area contributed by atoms with Crippen molar-refractivity contribution >= 4 is 5.82 Å². The fraction of sp³-hybridized carbons (Fsp3) is 0.474. The number of hydrogen-bond donors (Lipinski definition) is 0. The predicted octanol–water partition coefficient (Wildman–Crippen LogP) is 3.65. The molecule has 0 amide bonds. The first kappa shape index (κ1) is 16.6. The summed E-state index contributed by atoms with van der Waals surface area (Å²) in [6, 6.07) is 8.75. The van der Waals surface area contributed by atoms with Gasteiger partial charge in [0.15, 0.2) is 5.82 Å². The Kier molecular flexibility index (Phi) is 4.88. The molecule has 0 bridgehead atoms. The molecule has 1 fully saturated rings. The summed E-state index contributed by atoms with van der Waals surface area (Å²) in [5.74, 6) is 2.83. The highest BCUT2D eigenvalue weighted by atomic mass is 16.5. The molecule has 24 heavy (non-hydrogen) atoms. The maximum Gasteiger partial charge on any atom is 0.257 e. The first-order valence-electron chi connectivity index (χ1n) is 8.46.